The van der Waals surface area contributed by atoms with E-state index in [-0.39, 0.29) is 11.8 Å². The van der Waals surface area contributed by atoms with Crippen LogP contribution in [0.4, 0.5) is 11.4 Å². The standard InChI is InChI=1S/C35H38N2O4/c1-22-7-9-24(3)32(19-22)40-26(5)34(38)36-30-15-11-28(12-16-30)21-29-13-17-31(18-14-29)37-35(39)27(6)41-33-20-23(2)8-10-25(33)4/h7-20,26-27H,21H2,1-6H3,(H,36,38)(H,37,39). The second-order valence-electron chi connectivity index (χ2n) is 10.6. The first kappa shape index (κ1) is 29.4. The quantitative estimate of drug-likeness (QED) is 0.217. The maximum Gasteiger partial charge on any atom is 0.265 e. The Morgan fingerprint density at radius 3 is 1.32 bits per heavy atom. The van der Waals surface area contributed by atoms with E-state index in [0.717, 1.165) is 39.8 Å². The third-order valence-electron chi connectivity index (χ3n) is 6.88. The molecule has 6 heteroatoms. The lowest BCUT2D eigenvalue weighted by Crippen LogP contribution is -2.30. The Kier molecular flexibility index (Phi) is 9.45. The number of hydrogen-bond acceptors (Lipinski definition) is 4. The molecule has 212 valence electrons. The van der Waals surface area contributed by atoms with E-state index in [1.807, 2.05) is 113 Å². The van der Waals surface area contributed by atoms with E-state index in [2.05, 4.69) is 10.6 Å². The van der Waals surface area contributed by atoms with Crippen molar-refractivity contribution < 1.29 is 19.1 Å². The molecule has 2 amide bonds. The zero-order valence-corrected chi connectivity index (χ0v) is 24.6. The maximum atomic E-state index is 12.7. The minimum Gasteiger partial charge on any atom is -0.481 e. The molecule has 0 bridgehead atoms. The predicted octanol–water partition coefficient (Wildman–Crippen LogP) is 7.32. The lowest BCUT2D eigenvalue weighted by atomic mass is 10.0. The van der Waals surface area contributed by atoms with Crippen molar-refractivity contribution >= 4 is 23.2 Å². The van der Waals surface area contributed by atoms with Gasteiger partial charge in [0.15, 0.2) is 12.2 Å². The fourth-order valence-electron chi connectivity index (χ4n) is 4.29. The molecule has 6 nitrogen and oxygen atoms in total. The van der Waals surface area contributed by atoms with Gasteiger partial charge < -0.3 is 20.1 Å². The van der Waals surface area contributed by atoms with Crippen LogP contribution in [0.5, 0.6) is 11.5 Å². The lowest BCUT2D eigenvalue weighted by molar-refractivity contribution is -0.122. The molecular weight excluding hydrogens is 512 g/mol. The van der Waals surface area contributed by atoms with Crippen molar-refractivity contribution in [1.29, 1.82) is 0 Å². The summed E-state index contributed by atoms with van der Waals surface area (Å²) in [7, 11) is 0. The van der Waals surface area contributed by atoms with Crippen LogP contribution in [-0.2, 0) is 16.0 Å². The minimum absolute atomic E-state index is 0.204. The summed E-state index contributed by atoms with van der Waals surface area (Å²) in [5.41, 5.74) is 7.79. The Labute approximate surface area is 242 Å². The van der Waals surface area contributed by atoms with Crippen LogP contribution in [0.3, 0.4) is 0 Å². The van der Waals surface area contributed by atoms with Crippen LogP contribution in [0.2, 0.25) is 0 Å². The van der Waals surface area contributed by atoms with Gasteiger partial charge in [-0.2, -0.15) is 0 Å². The van der Waals surface area contributed by atoms with Crippen LogP contribution in [0.25, 0.3) is 0 Å². The van der Waals surface area contributed by atoms with Gasteiger partial charge in [0.05, 0.1) is 0 Å². The number of anilines is 2. The van der Waals surface area contributed by atoms with E-state index in [1.54, 1.807) is 13.8 Å². The molecule has 4 aromatic rings. The maximum absolute atomic E-state index is 12.7. The summed E-state index contributed by atoms with van der Waals surface area (Å²) in [6, 6.07) is 27.4. The molecular formula is C35H38N2O4. The second kappa shape index (κ2) is 13.2. The van der Waals surface area contributed by atoms with Crippen molar-refractivity contribution in [3.8, 4) is 11.5 Å². The summed E-state index contributed by atoms with van der Waals surface area (Å²) < 4.78 is 11.8. The number of rotatable bonds is 10. The fraction of sp³-hybridized carbons (Fsp3) is 0.257. The summed E-state index contributed by atoms with van der Waals surface area (Å²) in [5, 5.41) is 5.86. The third-order valence-corrected chi connectivity index (χ3v) is 6.88. The molecule has 4 aromatic carbocycles. The average molecular weight is 551 g/mol. The van der Waals surface area contributed by atoms with E-state index in [0.29, 0.717) is 22.9 Å². The number of aryl methyl sites for hydroxylation is 4. The molecule has 0 radical (unpaired) electrons. The van der Waals surface area contributed by atoms with E-state index in [1.165, 1.54) is 0 Å². The highest BCUT2D eigenvalue weighted by molar-refractivity contribution is 5.94. The molecule has 0 aliphatic heterocycles. The van der Waals surface area contributed by atoms with Crippen molar-refractivity contribution in [2.45, 2.75) is 60.2 Å². The first-order chi connectivity index (χ1) is 19.6. The summed E-state index contributed by atoms with van der Waals surface area (Å²) in [6.45, 7) is 11.4. The fourth-order valence-corrected chi connectivity index (χ4v) is 4.29. The number of carbonyl (C=O) groups is 2. The first-order valence-electron chi connectivity index (χ1n) is 13.8. The molecule has 2 unspecified atom stereocenters. The zero-order chi connectivity index (χ0) is 29.5. The van der Waals surface area contributed by atoms with Crippen LogP contribution in [0, 0.1) is 27.7 Å². The monoisotopic (exact) mass is 550 g/mol. The van der Waals surface area contributed by atoms with Crippen LogP contribution in [0.1, 0.15) is 47.2 Å². The SMILES string of the molecule is Cc1ccc(C)c(OC(C)C(=O)Nc2ccc(Cc3ccc(NC(=O)C(C)Oc4cc(C)ccc4C)cc3)cc2)c1. The number of benzene rings is 4. The zero-order valence-electron chi connectivity index (χ0n) is 24.6. The van der Waals surface area contributed by atoms with Gasteiger partial charge in [0.2, 0.25) is 0 Å². The van der Waals surface area contributed by atoms with Gasteiger partial charge in [0.25, 0.3) is 11.8 Å². The molecule has 0 saturated heterocycles. The number of amides is 2. The Hall–Kier alpha value is -4.58. The predicted molar refractivity (Wildman–Crippen MR) is 165 cm³/mol. The van der Waals surface area contributed by atoms with Crippen LogP contribution in [-0.4, -0.2) is 24.0 Å². The van der Waals surface area contributed by atoms with Crippen LogP contribution in [0.15, 0.2) is 84.9 Å². The molecule has 0 fully saturated rings. The lowest BCUT2D eigenvalue weighted by Gasteiger charge is -2.17. The van der Waals surface area contributed by atoms with Gasteiger partial charge >= 0.3 is 0 Å². The number of ether oxygens (including phenoxy) is 2. The molecule has 0 aliphatic rings. The minimum atomic E-state index is -0.629. The van der Waals surface area contributed by atoms with E-state index < -0.39 is 12.2 Å². The highest BCUT2D eigenvalue weighted by Crippen LogP contribution is 2.23. The Morgan fingerprint density at radius 2 is 0.951 bits per heavy atom. The largest absolute Gasteiger partial charge is 0.481 e. The molecule has 0 aromatic heterocycles. The molecule has 0 aliphatic carbocycles. The van der Waals surface area contributed by atoms with Crippen molar-refractivity contribution in [3.63, 3.8) is 0 Å². The topological polar surface area (TPSA) is 76.7 Å². The summed E-state index contributed by atoms with van der Waals surface area (Å²) in [6.07, 6.45) is -0.536. The van der Waals surface area contributed by atoms with Gasteiger partial charge in [-0.15, -0.1) is 0 Å². The second-order valence-corrected chi connectivity index (χ2v) is 10.6. The summed E-state index contributed by atoms with van der Waals surface area (Å²) >= 11 is 0. The van der Waals surface area contributed by atoms with E-state index in [9.17, 15) is 9.59 Å². The van der Waals surface area contributed by atoms with E-state index in [4.69, 9.17) is 9.47 Å². The average Bonchev–Trinajstić information content (AvgIpc) is 2.94. The van der Waals surface area contributed by atoms with Gasteiger partial charge in [-0.1, -0.05) is 48.5 Å². The molecule has 2 N–H and O–H groups in total. The number of carbonyl (C=O) groups excluding carboxylic acids is 2. The molecule has 41 heavy (non-hydrogen) atoms. The van der Waals surface area contributed by atoms with Crippen molar-refractivity contribution in [2.24, 2.45) is 0 Å². The van der Waals surface area contributed by atoms with Crippen molar-refractivity contribution in [3.05, 3.63) is 118 Å². The van der Waals surface area contributed by atoms with Gasteiger partial charge in [0, 0.05) is 11.4 Å². The van der Waals surface area contributed by atoms with Crippen LogP contribution < -0.4 is 20.1 Å². The molecule has 4 rings (SSSR count). The highest BCUT2D eigenvalue weighted by Gasteiger charge is 2.17. The van der Waals surface area contributed by atoms with Gasteiger partial charge in [-0.25, -0.2) is 0 Å². The Morgan fingerprint density at radius 1 is 0.585 bits per heavy atom. The molecule has 2 atom stereocenters. The number of hydrogen-bond donors (Lipinski definition) is 2. The molecule has 0 saturated carbocycles. The van der Waals surface area contributed by atoms with E-state index >= 15 is 0 Å². The number of nitrogens with one attached hydrogen (secondary N) is 2. The molecule has 0 spiro atoms. The normalized spacial score (nSPS) is 12.2. The molecule has 0 heterocycles. The van der Waals surface area contributed by atoms with Gasteiger partial charge in [-0.05, 0) is 118 Å². The van der Waals surface area contributed by atoms with Crippen LogP contribution >= 0.6 is 0 Å². The van der Waals surface area contributed by atoms with Crippen molar-refractivity contribution in [2.75, 3.05) is 10.6 Å². The first-order valence-corrected chi connectivity index (χ1v) is 13.8. The van der Waals surface area contributed by atoms with Crippen molar-refractivity contribution in [1.82, 2.24) is 0 Å². The summed E-state index contributed by atoms with van der Waals surface area (Å²) in [5.74, 6) is 1.03. The highest BCUT2D eigenvalue weighted by atomic mass is 16.5. The smallest absolute Gasteiger partial charge is 0.265 e. The summed E-state index contributed by atoms with van der Waals surface area (Å²) in [4.78, 5) is 25.4. The Bertz CT molecular complexity index is 1400. The Balaban J connectivity index is 1.27. The third kappa shape index (κ3) is 8.21. The van der Waals surface area contributed by atoms with Gasteiger partial charge in [0.1, 0.15) is 11.5 Å². The van der Waals surface area contributed by atoms with Gasteiger partial charge in [-0.3, -0.25) is 9.59 Å².